The second-order valence-corrected chi connectivity index (χ2v) is 6.86. The van der Waals surface area contributed by atoms with Crippen molar-refractivity contribution in [1.29, 1.82) is 0 Å². The third kappa shape index (κ3) is 3.78. The Hall–Kier alpha value is -2.49. The van der Waals surface area contributed by atoms with E-state index in [0.29, 0.717) is 13.1 Å². The molecule has 0 radical (unpaired) electrons. The number of ether oxygens (including phenoxy) is 1. The Labute approximate surface area is 148 Å². The van der Waals surface area contributed by atoms with Gasteiger partial charge in [0.2, 0.25) is 0 Å². The molecule has 1 aliphatic carbocycles. The van der Waals surface area contributed by atoms with Gasteiger partial charge in [-0.25, -0.2) is 4.79 Å². The van der Waals surface area contributed by atoms with Crippen LogP contribution in [-0.4, -0.2) is 19.2 Å². The quantitative estimate of drug-likeness (QED) is 0.881. The van der Waals surface area contributed by atoms with Gasteiger partial charge in [-0.05, 0) is 59.6 Å². The van der Waals surface area contributed by atoms with Crippen LogP contribution in [0.5, 0.6) is 5.75 Å². The number of benzene rings is 2. The molecule has 0 aromatic heterocycles. The molecule has 1 heterocycles. The van der Waals surface area contributed by atoms with Crippen molar-refractivity contribution >= 4 is 6.03 Å². The summed E-state index contributed by atoms with van der Waals surface area (Å²) in [7, 11) is 0. The topological polar surface area (TPSA) is 50.4 Å². The van der Waals surface area contributed by atoms with Crippen molar-refractivity contribution < 1.29 is 9.53 Å². The van der Waals surface area contributed by atoms with Crippen LogP contribution < -0.4 is 15.4 Å². The summed E-state index contributed by atoms with van der Waals surface area (Å²) in [6, 6.07) is 12.7. The summed E-state index contributed by atoms with van der Waals surface area (Å²) in [5.41, 5.74) is 6.60. The van der Waals surface area contributed by atoms with Gasteiger partial charge in [-0.1, -0.05) is 30.3 Å². The smallest absolute Gasteiger partial charge is 0.315 e. The third-order valence-corrected chi connectivity index (χ3v) is 5.07. The fourth-order valence-corrected chi connectivity index (χ4v) is 3.70. The molecule has 2 aromatic rings. The molecule has 1 aliphatic heterocycles. The van der Waals surface area contributed by atoms with Gasteiger partial charge in [0, 0.05) is 19.5 Å². The van der Waals surface area contributed by atoms with E-state index >= 15 is 0 Å². The minimum atomic E-state index is -0.106. The van der Waals surface area contributed by atoms with Gasteiger partial charge in [-0.3, -0.25) is 0 Å². The molecular formula is C21H24N2O2. The second-order valence-electron chi connectivity index (χ2n) is 6.86. The summed E-state index contributed by atoms with van der Waals surface area (Å²) < 4.78 is 5.52. The first kappa shape index (κ1) is 16.0. The van der Waals surface area contributed by atoms with Crippen LogP contribution in [0.3, 0.4) is 0 Å². The Morgan fingerprint density at radius 3 is 2.72 bits per heavy atom. The van der Waals surface area contributed by atoms with Crippen molar-refractivity contribution in [1.82, 2.24) is 10.6 Å². The van der Waals surface area contributed by atoms with Gasteiger partial charge >= 0.3 is 6.03 Å². The van der Waals surface area contributed by atoms with Crippen molar-refractivity contribution in [2.24, 2.45) is 0 Å². The molecule has 0 saturated heterocycles. The number of carbonyl (C=O) groups excluding carboxylic acids is 1. The molecular weight excluding hydrogens is 312 g/mol. The molecule has 0 bridgehead atoms. The molecule has 2 aromatic carbocycles. The van der Waals surface area contributed by atoms with Gasteiger partial charge in [0.1, 0.15) is 5.75 Å². The fraction of sp³-hybridized carbons (Fsp3) is 0.381. The second kappa shape index (κ2) is 7.18. The highest BCUT2D eigenvalue weighted by atomic mass is 16.5. The summed E-state index contributed by atoms with van der Waals surface area (Å²) in [6.07, 6.45) is 5.43. The number of hydrogen-bond acceptors (Lipinski definition) is 2. The summed E-state index contributed by atoms with van der Waals surface area (Å²) in [5, 5.41) is 5.89. The molecule has 2 aliphatic rings. The number of aryl methyl sites for hydroxylation is 2. The van der Waals surface area contributed by atoms with Crippen molar-refractivity contribution in [2.45, 2.75) is 38.6 Å². The lowest BCUT2D eigenvalue weighted by Crippen LogP contribution is -2.36. The molecule has 0 atom stereocenters. The molecule has 4 rings (SSSR count). The van der Waals surface area contributed by atoms with Gasteiger partial charge in [-0.15, -0.1) is 0 Å². The number of carbonyl (C=O) groups is 1. The Bertz CT molecular complexity index is 785. The van der Waals surface area contributed by atoms with Crippen LogP contribution in [-0.2, 0) is 32.2 Å². The minimum absolute atomic E-state index is 0.106. The molecule has 0 saturated carbocycles. The van der Waals surface area contributed by atoms with E-state index in [1.54, 1.807) is 0 Å². The summed E-state index contributed by atoms with van der Waals surface area (Å²) in [6.45, 7) is 1.99. The standard InChI is InChI=1S/C21H24N2O2/c24-21(23-14-16-4-6-17-2-1-3-18(17)13-16)22-10-8-15-5-7-20-19(12-15)9-11-25-20/h4-7,12-13H,1-3,8-11,14H2,(H2,22,23,24). The number of amides is 2. The zero-order valence-corrected chi connectivity index (χ0v) is 14.4. The van der Waals surface area contributed by atoms with Crippen LogP contribution >= 0.6 is 0 Å². The van der Waals surface area contributed by atoms with E-state index in [0.717, 1.165) is 25.2 Å². The van der Waals surface area contributed by atoms with Crippen LogP contribution in [0.2, 0.25) is 0 Å². The highest BCUT2D eigenvalue weighted by molar-refractivity contribution is 5.73. The largest absolute Gasteiger partial charge is 0.493 e. The van der Waals surface area contributed by atoms with Crippen LogP contribution in [0.4, 0.5) is 4.79 Å². The third-order valence-electron chi connectivity index (χ3n) is 5.07. The van der Waals surface area contributed by atoms with Crippen molar-refractivity contribution in [3.05, 3.63) is 64.2 Å². The molecule has 130 valence electrons. The lowest BCUT2D eigenvalue weighted by atomic mass is 10.1. The molecule has 4 nitrogen and oxygen atoms in total. The van der Waals surface area contributed by atoms with Crippen molar-refractivity contribution in [2.75, 3.05) is 13.2 Å². The van der Waals surface area contributed by atoms with Gasteiger partial charge < -0.3 is 15.4 Å². The van der Waals surface area contributed by atoms with Gasteiger partial charge in [-0.2, -0.15) is 0 Å². The highest BCUT2D eigenvalue weighted by Crippen LogP contribution is 2.26. The number of hydrogen-bond donors (Lipinski definition) is 2. The Balaban J connectivity index is 1.21. The van der Waals surface area contributed by atoms with Crippen LogP contribution in [0.1, 0.15) is 34.2 Å². The average Bonchev–Trinajstić information content (AvgIpc) is 3.28. The van der Waals surface area contributed by atoms with Gasteiger partial charge in [0.05, 0.1) is 6.61 Å². The van der Waals surface area contributed by atoms with Crippen LogP contribution in [0, 0.1) is 0 Å². The average molecular weight is 336 g/mol. The minimum Gasteiger partial charge on any atom is -0.493 e. The highest BCUT2D eigenvalue weighted by Gasteiger charge is 2.12. The maximum Gasteiger partial charge on any atom is 0.315 e. The van der Waals surface area contributed by atoms with Gasteiger partial charge in [0.25, 0.3) is 0 Å². The van der Waals surface area contributed by atoms with E-state index in [9.17, 15) is 4.79 Å². The number of urea groups is 1. The van der Waals surface area contributed by atoms with E-state index < -0.39 is 0 Å². The maximum absolute atomic E-state index is 12.0. The molecule has 25 heavy (non-hydrogen) atoms. The lowest BCUT2D eigenvalue weighted by Gasteiger charge is -2.09. The van der Waals surface area contributed by atoms with E-state index in [1.807, 2.05) is 6.07 Å². The number of nitrogens with one attached hydrogen (secondary N) is 2. The van der Waals surface area contributed by atoms with E-state index in [4.69, 9.17) is 4.74 Å². The number of rotatable bonds is 5. The fourth-order valence-electron chi connectivity index (χ4n) is 3.70. The predicted molar refractivity (Wildman–Crippen MR) is 98.1 cm³/mol. The SMILES string of the molecule is O=C(NCCc1ccc2c(c1)CCO2)NCc1ccc2c(c1)CCC2. The van der Waals surface area contributed by atoms with Crippen LogP contribution in [0.15, 0.2) is 36.4 Å². The molecule has 2 N–H and O–H groups in total. The van der Waals surface area contributed by atoms with Crippen molar-refractivity contribution in [3.8, 4) is 5.75 Å². The molecule has 0 spiro atoms. The first-order valence-electron chi connectivity index (χ1n) is 9.15. The molecule has 0 fully saturated rings. The normalized spacial score (nSPS) is 14.6. The Morgan fingerprint density at radius 2 is 1.76 bits per heavy atom. The zero-order valence-electron chi connectivity index (χ0n) is 14.4. The summed E-state index contributed by atoms with van der Waals surface area (Å²) in [5.74, 6) is 1.00. The monoisotopic (exact) mass is 336 g/mol. The maximum atomic E-state index is 12.0. The Morgan fingerprint density at radius 1 is 0.920 bits per heavy atom. The first-order valence-corrected chi connectivity index (χ1v) is 9.15. The first-order chi connectivity index (χ1) is 12.3. The summed E-state index contributed by atoms with van der Waals surface area (Å²) in [4.78, 5) is 12.0. The Kier molecular flexibility index (Phi) is 4.59. The molecule has 2 amide bonds. The predicted octanol–water partition coefficient (Wildman–Crippen LogP) is 3.15. The van der Waals surface area contributed by atoms with E-state index in [2.05, 4.69) is 41.0 Å². The van der Waals surface area contributed by atoms with Gasteiger partial charge in [0.15, 0.2) is 0 Å². The molecule has 0 unspecified atom stereocenters. The molecule has 4 heteroatoms. The summed E-state index contributed by atoms with van der Waals surface area (Å²) >= 11 is 0. The lowest BCUT2D eigenvalue weighted by molar-refractivity contribution is 0.240. The zero-order chi connectivity index (χ0) is 17.1. The van der Waals surface area contributed by atoms with Crippen LogP contribution in [0.25, 0.3) is 0 Å². The van der Waals surface area contributed by atoms with Crippen molar-refractivity contribution in [3.63, 3.8) is 0 Å². The van der Waals surface area contributed by atoms with E-state index in [1.165, 1.54) is 47.1 Å². The number of fused-ring (bicyclic) bond motifs is 2. The van der Waals surface area contributed by atoms with E-state index in [-0.39, 0.29) is 6.03 Å².